The van der Waals surface area contributed by atoms with Crippen molar-refractivity contribution in [1.29, 1.82) is 0 Å². The third-order valence-corrected chi connectivity index (χ3v) is 4.48. The highest BCUT2D eigenvalue weighted by atomic mass is 35.5. The maximum atomic E-state index is 11.7. The molecule has 1 aromatic carbocycles. The van der Waals surface area contributed by atoms with Crippen LogP contribution in [0.3, 0.4) is 0 Å². The number of hydrogen-bond acceptors (Lipinski definition) is 5. The molecule has 0 unspecified atom stereocenters. The van der Waals surface area contributed by atoms with Gasteiger partial charge in [-0.3, -0.25) is 14.9 Å². The third kappa shape index (κ3) is 6.74. The van der Waals surface area contributed by atoms with Crippen LogP contribution in [0.15, 0.2) is 24.3 Å². The van der Waals surface area contributed by atoms with Crippen LogP contribution in [0.1, 0.15) is 11.7 Å². The number of aliphatic hydroxyl groups is 1. The largest absolute Gasteiger partial charge is 0.415 e. The van der Waals surface area contributed by atoms with Crippen molar-refractivity contribution < 1.29 is 19.3 Å². The predicted molar refractivity (Wildman–Crippen MR) is 94.8 cm³/mol. The van der Waals surface area contributed by atoms with Crippen molar-refractivity contribution >= 4 is 43.1 Å². The van der Waals surface area contributed by atoms with E-state index in [2.05, 4.69) is 5.32 Å². The summed E-state index contributed by atoms with van der Waals surface area (Å²) in [5.74, 6) is -0.650. The van der Waals surface area contributed by atoms with Gasteiger partial charge in [0.05, 0.1) is 17.6 Å². The molecule has 134 valence electrons. The highest BCUT2D eigenvalue weighted by Gasteiger charge is 2.28. The van der Waals surface area contributed by atoms with Crippen molar-refractivity contribution in [3.63, 3.8) is 0 Å². The number of hydrogen-bond donors (Lipinski definition) is 2. The fourth-order valence-corrected chi connectivity index (χ4v) is 2.63. The summed E-state index contributed by atoms with van der Waals surface area (Å²) in [5, 5.41) is 23.7. The molecule has 0 heterocycles. The van der Waals surface area contributed by atoms with E-state index in [-0.39, 0.29) is 12.3 Å². The smallest absolute Gasteiger partial charge is 0.269 e. The molecule has 0 radical (unpaired) electrons. The first-order chi connectivity index (χ1) is 11.0. The first-order valence-corrected chi connectivity index (χ1v) is 11.4. The number of nitro benzene ring substituents is 1. The number of rotatable bonds is 8. The zero-order valence-electron chi connectivity index (χ0n) is 13.5. The minimum Gasteiger partial charge on any atom is -0.415 e. The van der Waals surface area contributed by atoms with Gasteiger partial charge < -0.3 is 14.8 Å². The van der Waals surface area contributed by atoms with Crippen LogP contribution in [-0.4, -0.2) is 41.7 Å². The fourth-order valence-electron chi connectivity index (χ4n) is 1.82. The van der Waals surface area contributed by atoms with Crippen LogP contribution >= 0.6 is 23.2 Å². The number of nitrogens with one attached hydrogen (secondary N) is 1. The minimum atomic E-state index is -1.89. The molecule has 0 saturated carbocycles. The highest BCUT2D eigenvalue weighted by Crippen LogP contribution is 2.22. The molecule has 1 rings (SSSR count). The molecule has 0 spiro atoms. The van der Waals surface area contributed by atoms with E-state index in [0.29, 0.717) is 5.56 Å². The molecule has 0 bridgehead atoms. The Morgan fingerprint density at radius 1 is 1.33 bits per heavy atom. The molecule has 0 saturated heterocycles. The van der Waals surface area contributed by atoms with E-state index in [1.807, 2.05) is 19.6 Å². The Kier molecular flexibility index (Phi) is 7.62. The summed E-state index contributed by atoms with van der Waals surface area (Å²) in [5.41, 5.74) is 0.317. The minimum absolute atomic E-state index is 0.0696. The van der Waals surface area contributed by atoms with Crippen molar-refractivity contribution in [2.75, 3.05) is 6.61 Å². The van der Waals surface area contributed by atoms with Gasteiger partial charge >= 0.3 is 0 Å². The Morgan fingerprint density at radius 3 is 2.29 bits per heavy atom. The molecule has 0 fully saturated rings. The lowest BCUT2D eigenvalue weighted by atomic mass is 10.0. The topological polar surface area (TPSA) is 102 Å². The molecule has 1 aromatic rings. The summed E-state index contributed by atoms with van der Waals surface area (Å²) in [4.78, 5) is 20.6. The second-order valence-electron chi connectivity index (χ2n) is 6.13. The molecule has 10 heteroatoms. The Balaban J connectivity index is 2.94. The molecule has 7 nitrogen and oxygen atoms in total. The zero-order valence-corrected chi connectivity index (χ0v) is 16.0. The number of halogens is 2. The van der Waals surface area contributed by atoms with Gasteiger partial charge in [0.2, 0.25) is 0 Å². The van der Waals surface area contributed by atoms with Crippen LogP contribution in [0, 0.1) is 10.1 Å². The van der Waals surface area contributed by atoms with Gasteiger partial charge in [-0.1, -0.05) is 23.2 Å². The van der Waals surface area contributed by atoms with Crippen molar-refractivity contribution in [2.45, 2.75) is 36.6 Å². The van der Waals surface area contributed by atoms with E-state index in [0.717, 1.165) is 0 Å². The first-order valence-electron chi connectivity index (χ1n) is 7.16. The Labute approximate surface area is 151 Å². The number of benzene rings is 1. The maximum absolute atomic E-state index is 11.7. The summed E-state index contributed by atoms with van der Waals surface area (Å²) in [7, 11) is -1.89. The number of nitrogens with zero attached hydrogens (tertiary/aromatic N) is 1. The number of alkyl halides is 2. The third-order valence-electron chi connectivity index (χ3n) is 3.05. The molecule has 2 N–H and O–H groups in total. The molecule has 1 amide bonds. The van der Waals surface area contributed by atoms with E-state index in [1.54, 1.807) is 0 Å². The molecule has 2 atom stereocenters. The number of aliphatic hydroxyl groups excluding tert-OH is 1. The lowest BCUT2D eigenvalue weighted by molar-refractivity contribution is -0.384. The van der Waals surface area contributed by atoms with Crippen LogP contribution in [0.25, 0.3) is 0 Å². The lowest BCUT2D eigenvalue weighted by Gasteiger charge is -2.28. The van der Waals surface area contributed by atoms with Crippen LogP contribution in [-0.2, 0) is 9.22 Å². The van der Waals surface area contributed by atoms with Gasteiger partial charge in [0.15, 0.2) is 13.2 Å². The Morgan fingerprint density at radius 2 is 1.88 bits per heavy atom. The normalized spacial score (nSPS) is 14.3. The van der Waals surface area contributed by atoms with E-state index < -0.39 is 36.1 Å². The molecular weight excluding hydrogens is 375 g/mol. The highest BCUT2D eigenvalue weighted by molar-refractivity contribution is 6.69. The summed E-state index contributed by atoms with van der Waals surface area (Å²) in [6.45, 7) is 5.97. The van der Waals surface area contributed by atoms with Crippen LogP contribution in [0.4, 0.5) is 5.69 Å². The Hall–Kier alpha value is -1.19. The van der Waals surface area contributed by atoms with Gasteiger partial charge in [-0.2, -0.15) is 0 Å². The average molecular weight is 395 g/mol. The van der Waals surface area contributed by atoms with Crippen LogP contribution in [0.2, 0.25) is 19.6 Å². The molecule has 24 heavy (non-hydrogen) atoms. The van der Waals surface area contributed by atoms with E-state index >= 15 is 0 Å². The van der Waals surface area contributed by atoms with Crippen molar-refractivity contribution in [3.05, 3.63) is 39.9 Å². The van der Waals surface area contributed by atoms with Crippen LogP contribution < -0.4 is 5.32 Å². The van der Waals surface area contributed by atoms with E-state index in [4.69, 9.17) is 27.6 Å². The summed E-state index contributed by atoms with van der Waals surface area (Å²) < 4.78 is 5.75. The quantitative estimate of drug-likeness (QED) is 0.305. The molecule has 0 aliphatic heterocycles. The zero-order chi connectivity index (χ0) is 18.5. The number of amides is 1. The second-order valence-corrected chi connectivity index (χ2v) is 11.7. The standard InChI is InChI=1S/C14H20Cl2N2O5Si/c1-24(2,3)23-8-11(17-14(20)13(15)16)12(19)9-4-6-10(7-5-9)18(21)22/h4-7,11-13,19H,8H2,1-3H3,(H,17,20)/t11-,12-/m1/s1. The number of non-ortho nitro benzene ring substituents is 1. The number of nitro groups is 1. The molecular formula is C14H20Cl2N2O5Si. The van der Waals surface area contributed by atoms with Gasteiger partial charge in [0.1, 0.15) is 6.10 Å². The van der Waals surface area contributed by atoms with Crippen molar-refractivity contribution in [1.82, 2.24) is 5.32 Å². The number of carbonyl (C=O) groups excluding carboxylic acids is 1. The maximum Gasteiger partial charge on any atom is 0.269 e. The monoisotopic (exact) mass is 394 g/mol. The van der Waals surface area contributed by atoms with Crippen molar-refractivity contribution in [2.24, 2.45) is 0 Å². The second kappa shape index (κ2) is 8.77. The summed E-state index contributed by atoms with van der Waals surface area (Å²) in [6, 6.07) is 4.63. The molecule has 0 aromatic heterocycles. The first kappa shape index (κ1) is 20.9. The van der Waals surface area contributed by atoms with Gasteiger partial charge in [0.25, 0.3) is 11.6 Å². The summed E-state index contributed by atoms with van der Waals surface area (Å²) >= 11 is 11.1. The van der Waals surface area contributed by atoms with E-state index in [9.17, 15) is 20.0 Å². The van der Waals surface area contributed by atoms with Gasteiger partial charge in [0, 0.05) is 12.1 Å². The van der Waals surface area contributed by atoms with Crippen LogP contribution in [0.5, 0.6) is 0 Å². The predicted octanol–water partition coefficient (Wildman–Crippen LogP) is 2.77. The molecule has 0 aliphatic carbocycles. The van der Waals surface area contributed by atoms with Gasteiger partial charge in [-0.05, 0) is 37.3 Å². The lowest BCUT2D eigenvalue weighted by Crippen LogP contribution is -2.46. The van der Waals surface area contributed by atoms with Gasteiger partial charge in [-0.25, -0.2) is 0 Å². The van der Waals surface area contributed by atoms with E-state index in [1.165, 1.54) is 24.3 Å². The fraction of sp³-hybridized carbons (Fsp3) is 0.500. The van der Waals surface area contributed by atoms with Crippen molar-refractivity contribution in [3.8, 4) is 0 Å². The average Bonchev–Trinajstić information content (AvgIpc) is 2.49. The Bertz CT molecular complexity index is 578. The SMILES string of the molecule is C[Si](C)(C)OC[C@@H](NC(=O)C(Cl)Cl)[C@H](O)c1ccc([N+](=O)[O-])cc1. The van der Waals surface area contributed by atoms with Gasteiger partial charge in [-0.15, -0.1) is 0 Å². The number of carbonyl (C=O) groups is 1. The molecule has 0 aliphatic rings. The summed E-state index contributed by atoms with van der Waals surface area (Å²) in [6.07, 6.45) is -1.13.